The molecule has 0 saturated carbocycles. The number of nitrogens with two attached hydrogens (primary N) is 1. The molecule has 19 heavy (non-hydrogen) atoms. The van der Waals surface area contributed by atoms with Crippen molar-refractivity contribution < 1.29 is 14.4 Å². The number of piperazine rings is 1. The molecule has 2 saturated heterocycles. The standard InChI is InChI=1S/C12H20N4O3/c13-10(17)9-2-1-5-16(8-9)12(19)11(18)15-6-3-14-4-7-15/h9,14H,1-8H2,(H2,13,17). The predicted molar refractivity (Wildman–Crippen MR) is 67.9 cm³/mol. The Labute approximate surface area is 112 Å². The molecular formula is C12H20N4O3. The third-order valence-corrected chi connectivity index (χ3v) is 3.70. The summed E-state index contributed by atoms with van der Waals surface area (Å²) in [6.07, 6.45) is 1.41. The largest absolute Gasteiger partial charge is 0.369 e. The van der Waals surface area contributed by atoms with Gasteiger partial charge in [-0.1, -0.05) is 0 Å². The zero-order chi connectivity index (χ0) is 13.8. The topological polar surface area (TPSA) is 95.7 Å². The predicted octanol–water partition coefficient (Wildman–Crippen LogP) is -1.86. The van der Waals surface area contributed by atoms with Crippen molar-refractivity contribution in [3.63, 3.8) is 0 Å². The number of hydrogen-bond donors (Lipinski definition) is 2. The smallest absolute Gasteiger partial charge is 0.312 e. The van der Waals surface area contributed by atoms with Crippen LogP contribution in [0.5, 0.6) is 0 Å². The second-order valence-corrected chi connectivity index (χ2v) is 5.03. The van der Waals surface area contributed by atoms with Gasteiger partial charge in [0.2, 0.25) is 5.91 Å². The van der Waals surface area contributed by atoms with Crippen molar-refractivity contribution in [2.24, 2.45) is 11.7 Å². The van der Waals surface area contributed by atoms with Gasteiger partial charge in [-0.2, -0.15) is 0 Å². The van der Waals surface area contributed by atoms with E-state index in [0.717, 1.165) is 0 Å². The maximum Gasteiger partial charge on any atom is 0.312 e. The Bertz CT molecular complexity index is 379. The molecule has 0 aliphatic carbocycles. The van der Waals surface area contributed by atoms with Crippen molar-refractivity contribution >= 4 is 17.7 Å². The fourth-order valence-corrected chi connectivity index (χ4v) is 2.53. The molecule has 2 rings (SSSR count). The van der Waals surface area contributed by atoms with Crippen LogP contribution in [0.2, 0.25) is 0 Å². The number of piperidine rings is 1. The molecule has 2 aliphatic rings. The highest BCUT2D eigenvalue weighted by Crippen LogP contribution is 2.16. The van der Waals surface area contributed by atoms with E-state index in [-0.39, 0.29) is 12.5 Å². The summed E-state index contributed by atoms with van der Waals surface area (Å²) in [6.45, 7) is 3.33. The van der Waals surface area contributed by atoms with E-state index in [2.05, 4.69) is 5.32 Å². The Kier molecular flexibility index (Phi) is 4.36. The molecule has 0 radical (unpaired) electrons. The molecule has 0 bridgehead atoms. The summed E-state index contributed by atoms with van der Waals surface area (Å²) >= 11 is 0. The minimum absolute atomic E-state index is 0.270. The highest BCUT2D eigenvalue weighted by molar-refractivity contribution is 6.35. The first kappa shape index (κ1) is 13.8. The van der Waals surface area contributed by atoms with Crippen LogP contribution in [0, 0.1) is 5.92 Å². The summed E-state index contributed by atoms with van der Waals surface area (Å²) in [5, 5.41) is 3.13. The Morgan fingerprint density at radius 1 is 1.00 bits per heavy atom. The number of rotatable bonds is 1. The number of hydrogen-bond acceptors (Lipinski definition) is 4. The van der Waals surface area contributed by atoms with E-state index in [4.69, 9.17) is 5.73 Å². The van der Waals surface area contributed by atoms with Gasteiger partial charge in [-0.3, -0.25) is 14.4 Å². The van der Waals surface area contributed by atoms with Crippen molar-refractivity contribution in [1.82, 2.24) is 15.1 Å². The highest BCUT2D eigenvalue weighted by Gasteiger charge is 2.32. The first-order chi connectivity index (χ1) is 9.09. The molecule has 3 N–H and O–H groups in total. The van der Waals surface area contributed by atoms with Crippen LogP contribution in [0.1, 0.15) is 12.8 Å². The van der Waals surface area contributed by atoms with Gasteiger partial charge >= 0.3 is 11.8 Å². The van der Waals surface area contributed by atoms with Gasteiger partial charge in [-0.25, -0.2) is 0 Å². The zero-order valence-electron chi connectivity index (χ0n) is 10.9. The lowest BCUT2D eigenvalue weighted by Gasteiger charge is -2.33. The first-order valence-electron chi connectivity index (χ1n) is 6.68. The summed E-state index contributed by atoms with van der Waals surface area (Å²) in [6, 6.07) is 0. The minimum Gasteiger partial charge on any atom is -0.369 e. The minimum atomic E-state index is -0.507. The summed E-state index contributed by atoms with van der Waals surface area (Å²) in [5.74, 6) is -1.69. The average Bonchev–Trinajstić information content (AvgIpc) is 2.46. The number of primary amides is 1. The Morgan fingerprint density at radius 2 is 1.63 bits per heavy atom. The highest BCUT2D eigenvalue weighted by atomic mass is 16.2. The number of carbonyl (C=O) groups excluding carboxylic acids is 3. The van der Waals surface area contributed by atoms with Crippen LogP contribution in [0.15, 0.2) is 0 Å². The number of likely N-dealkylation sites (tertiary alicyclic amines) is 1. The van der Waals surface area contributed by atoms with Crippen LogP contribution >= 0.6 is 0 Å². The molecule has 2 aliphatic heterocycles. The van der Waals surface area contributed by atoms with Gasteiger partial charge in [-0.15, -0.1) is 0 Å². The van der Waals surface area contributed by atoms with E-state index in [1.807, 2.05) is 0 Å². The monoisotopic (exact) mass is 268 g/mol. The zero-order valence-corrected chi connectivity index (χ0v) is 10.9. The van der Waals surface area contributed by atoms with E-state index < -0.39 is 17.7 Å². The second-order valence-electron chi connectivity index (χ2n) is 5.03. The molecule has 3 amide bonds. The normalized spacial score (nSPS) is 24.1. The molecule has 2 heterocycles. The fraction of sp³-hybridized carbons (Fsp3) is 0.750. The summed E-state index contributed by atoms with van der Waals surface area (Å²) in [4.78, 5) is 38.4. The third kappa shape index (κ3) is 3.23. The van der Waals surface area contributed by atoms with Crippen molar-refractivity contribution in [2.75, 3.05) is 39.3 Å². The van der Waals surface area contributed by atoms with E-state index in [1.54, 1.807) is 4.90 Å². The van der Waals surface area contributed by atoms with Crippen LogP contribution in [0.25, 0.3) is 0 Å². The SMILES string of the molecule is NC(=O)C1CCCN(C(=O)C(=O)N2CCNCC2)C1. The Balaban J connectivity index is 1.94. The van der Waals surface area contributed by atoms with Crippen LogP contribution in [-0.2, 0) is 14.4 Å². The number of amides is 3. The molecule has 0 aromatic heterocycles. The van der Waals surface area contributed by atoms with Crippen LogP contribution < -0.4 is 11.1 Å². The van der Waals surface area contributed by atoms with Gasteiger partial charge in [0.15, 0.2) is 0 Å². The van der Waals surface area contributed by atoms with E-state index >= 15 is 0 Å². The second kappa shape index (κ2) is 6.01. The van der Waals surface area contributed by atoms with Gasteiger partial charge in [0.05, 0.1) is 5.92 Å². The number of nitrogens with one attached hydrogen (secondary N) is 1. The number of nitrogens with zero attached hydrogens (tertiary/aromatic N) is 2. The van der Waals surface area contributed by atoms with Gasteiger partial charge in [0.1, 0.15) is 0 Å². The molecule has 0 aromatic carbocycles. The average molecular weight is 268 g/mol. The lowest BCUT2D eigenvalue weighted by molar-refractivity contribution is -0.153. The fourth-order valence-electron chi connectivity index (χ4n) is 2.53. The van der Waals surface area contributed by atoms with Crippen LogP contribution in [-0.4, -0.2) is 66.8 Å². The van der Waals surface area contributed by atoms with Gasteiger partial charge in [0.25, 0.3) is 0 Å². The Morgan fingerprint density at radius 3 is 2.26 bits per heavy atom. The first-order valence-corrected chi connectivity index (χ1v) is 6.68. The lowest BCUT2D eigenvalue weighted by atomic mass is 9.97. The van der Waals surface area contributed by atoms with Crippen LogP contribution in [0.4, 0.5) is 0 Å². The molecule has 2 fully saturated rings. The molecule has 1 unspecified atom stereocenters. The number of carbonyl (C=O) groups is 3. The lowest BCUT2D eigenvalue weighted by Crippen LogP contribution is -2.54. The molecule has 7 heteroatoms. The van der Waals surface area contributed by atoms with Crippen molar-refractivity contribution in [2.45, 2.75) is 12.8 Å². The van der Waals surface area contributed by atoms with Gasteiger partial charge < -0.3 is 20.9 Å². The van der Waals surface area contributed by atoms with Crippen LogP contribution in [0.3, 0.4) is 0 Å². The van der Waals surface area contributed by atoms with Crippen molar-refractivity contribution in [3.05, 3.63) is 0 Å². The van der Waals surface area contributed by atoms with E-state index in [0.29, 0.717) is 45.6 Å². The van der Waals surface area contributed by atoms with Gasteiger partial charge in [0, 0.05) is 39.3 Å². The maximum atomic E-state index is 12.1. The Hall–Kier alpha value is -1.63. The van der Waals surface area contributed by atoms with Gasteiger partial charge in [-0.05, 0) is 12.8 Å². The molecule has 0 spiro atoms. The molecular weight excluding hydrogens is 248 g/mol. The molecule has 7 nitrogen and oxygen atoms in total. The summed E-state index contributed by atoms with van der Waals surface area (Å²) in [5.41, 5.74) is 5.27. The van der Waals surface area contributed by atoms with Crippen molar-refractivity contribution in [3.8, 4) is 0 Å². The van der Waals surface area contributed by atoms with E-state index in [1.165, 1.54) is 4.90 Å². The van der Waals surface area contributed by atoms with E-state index in [9.17, 15) is 14.4 Å². The maximum absolute atomic E-state index is 12.1. The quantitative estimate of drug-likeness (QED) is 0.545. The third-order valence-electron chi connectivity index (χ3n) is 3.70. The molecule has 1 atom stereocenters. The summed E-state index contributed by atoms with van der Waals surface area (Å²) in [7, 11) is 0. The van der Waals surface area contributed by atoms with Crippen molar-refractivity contribution in [1.29, 1.82) is 0 Å². The summed E-state index contributed by atoms with van der Waals surface area (Å²) < 4.78 is 0. The molecule has 0 aromatic rings. The molecule has 106 valence electrons.